The molecular formula is C31H26N2O2. The van der Waals surface area contributed by atoms with Crippen molar-refractivity contribution >= 4 is 23.2 Å². The van der Waals surface area contributed by atoms with E-state index in [1.807, 2.05) is 107 Å². The van der Waals surface area contributed by atoms with Crippen molar-refractivity contribution < 1.29 is 9.59 Å². The first kappa shape index (κ1) is 21.4. The van der Waals surface area contributed by atoms with Gasteiger partial charge in [-0.15, -0.1) is 0 Å². The van der Waals surface area contributed by atoms with Gasteiger partial charge >= 0.3 is 0 Å². The normalized spacial score (nSPS) is 16.2. The highest BCUT2D eigenvalue weighted by atomic mass is 16.2. The first-order chi connectivity index (χ1) is 17.2. The first-order valence-corrected chi connectivity index (χ1v) is 12.0. The molecule has 172 valence electrons. The van der Waals surface area contributed by atoms with E-state index in [1.54, 1.807) is 0 Å². The number of benzene rings is 4. The van der Waals surface area contributed by atoms with Gasteiger partial charge in [0.05, 0.1) is 13.1 Å². The fraction of sp³-hybridized carbons (Fsp3) is 0.161. The molecule has 0 radical (unpaired) electrons. The van der Waals surface area contributed by atoms with Gasteiger partial charge in [0, 0.05) is 11.4 Å². The van der Waals surface area contributed by atoms with Gasteiger partial charge in [-0.1, -0.05) is 97.1 Å². The van der Waals surface area contributed by atoms with Gasteiger partial charge in [0.15, 0.2) is 0 Å². The summed E-state index contributed by atoms with van der Waals surface area (Å²) < 4.78 is 0. The van der Waals surface area contributed by atoms with Gasteiger partial charge in [0.25, 0.3) is 0 Å². The quantitative estimate of drug-likeness (QED) is 0.376. The van der Waals surface area contributed by atoms with Crippen LogP contribution in [0.2, 0.25) is 0 Å². The van der Waals surface area contributed by atoms with Gasteiger partial charge < -0.3 is 9.80 Å². The average molecular weight is 459 g/mol. The predicted octanol–water partition coefficient (Wildman–Crippen LogP) is 5.55. The second-order valence-corrected chi connectivity index (χ2v) is 9.45. The number of fused-ring (bicyclic) bond motifs is 2. The number of amides is 2. The van der Waals surface area contributed by atoms with Crippen LogP contribution in [0.1, 0.15) is 22.3 Å². The summed E-state index contributed by atoms with van der Waals surface area (Å²) >= 11 is 0. The van der Waals surface area contributed by atoms with E-state index in [9.17, 15) is 9.59 Å². The van der Waals surface area contributed by atoms with Crippen LogP contribution in [0, 0.1) is 5.41 Å². The summed E-state index contributed by atoms with van der Waals surface area (Å²) in [5, 5.41) is 0. The maximum atomic E-state index is 14.4. The van der Waals surface area contributed by atoms with Crippen molar-refractivity contribution in [3.05, 3.63) is 131 Å². The van der Waals surface area contributed by atoms with E-state index in [0.29, 0.717) is 25.9 Å². The molecule has 0 unspecified atom stereocenters. The number of carbonyl (C=O) groups excluding carboxylic acids is 2. The minimum absolute atomic E-state index is 0.113. The molecule has 0 saturated carbocycles. The van der Waals surface area contributed by atoms with Gasteiger partial charge in [-0.3, -0.25) is 9.59 Å². The lowest BCUT2D eigenvalue weighted by atomic mass is 9.69. The maximum absolute atomic E-state index is 14.4. The standard InChI is InChI=1S/C31H26N2O2/c34-29-31(19-25-15-7-9-17-27(25)32(29)21-23-11-3-1-4-12-23)20-26-16-8-10-18-28(26)33(30(31)35)22-24-13-5-2-6-14-24/h1-18H,19-22H2. The monoisotopic (exact) mass is 458 g/mol. The lowest BCUT2D eigenvalue weighted by Crippen LogP contribution is -2.60. The minimum atomic E-state index is -1.16. The number of anilines is 2. The molecule has 2 amide bonds. The van der Waals surface area contributed by atoms with Gasteiger partial charge in [0.2, 0.25) is 11.8 Å². The molecule has 0 fully saturated rings. The number of carbonyl (C=O) groups is 2. The maximum Gasteiger partial charge on any atom is 0.243 e. The topological polar surface area (TPSA) is 40.6 Å². The SMILES string of the molecule is O=C1N(Cc2ccccc2)c2ccccc2CC12Cc1ccccc1N(Cc1ccccc1)C2=O. The molecule has 4 nitrogen and oxygen atoms in total. The molecule has 2 heterocycles. The number of hydrogen-bond acceptors (Lipinski definition) is 2. The fourth-order valence-electron chi connectivity index (χ4n) is 5.54. The van der Waals surface area contributed by atoms with Crippen LogP contribution in [0.4, 0.5) is 11.4 Å². The Kier molecular flexibility index (Phi) is 5.22. The van der Waals surface area contributed by atoms with E-state index in [2.05, 4.69) is 12.1 Å². The van der Waals surface area contributed by atoms with E-state index >= 15 is 0 Å². The summed E-state index contributed by atoms with van der Waals surface area (Å²) in [5.74, 6) is -0.227. The number of nitrogens with zero attached hydrogens (tertiary/aromatic N) is 2. The lowest BCUT2D eigenvalue weighted by Gasteiger charge is -2.47. The second-order valence-electron chi connectivity index (χ2n) is 9.45. The number of rotatable bonds is 4. The zero-order valence-corrected chi connectivity index (χ0v) is 19.4. The largest absolute Gasteiger partial charge is 0.307 e. The Morgan fingerprint density at radius 2 is 0.886 bits per heavy atom. The van der Waals surface area contributed by atoms with Crippen LogP contribution in [0.25, 0.3) is 0 Å². The molecule has 0 saturated heterocycles. The molecule has 6 rings (SSSR count). The smallest absolute Gasteiger partial charge is 0.243 e. The minimum Gasteiger partial charge on any atom is -0.307 e. The van der Waals surface area contributed by atoms with Crippen molar-refractivity contribution in [1.82, 2.24) is 0 Å². The van der Waals surface area contributed by atoms with Crippen LogP contribution < -0.4 is 9.80 Å². The zero-order valence-electron chi connectivity index (χ0n) is 19.4. The summed E-state index contributed by atoms with van der Waals surface area (Å²) in [4.78, 5) is 32.4. The van der Waals surface area contributed by atoms with Gasteiger partial charge in [-0.05, 0) is 47.2 Å². The Hall–Kier alpha value is -4.18. The molecule has 2 aliphatic rings. The molecular weight excluding hydrogens is 432 g/mol. The van der Waals surface area contributed by atoms with E-state index < -0.39 is 5.41 Å². The van der Waals surface area contributed by atoms with Crippen molar-refractivity contribution in [1.29, 1.82) is 0 Å². The fourth-order valence-corrected chi connectivity index (χ4v) is 5.54. The molecule has 0 N–H and O–H groups in total. The molecule has 4 heteroatoms. The Morgan fingerprint density at radius 1 is 0.514 bits per heavy atom. The highest BCUT2D eigenvalue weighted by molar-refractivity contribution is 6.19. The van der Waals surface area contributed by atoms with Crippen LogP contribution in [0.5, 0.6) is 0 Å². The van der Waals surface area contributed by atoms with Crippen molar-refractivity contribution in [2.24, 2.45) is 5.41 Å². The molecule has 35 heavy (non-hydrogen) atoms. The predicted molar refractivity (Wildman–Crippen MR) is 138 cm³/mol. The summed E-state index contributed by atoms with van der Waals surface area (Å²) in [6.07, 6.45) is 0.817. The third-order valence-electron chi connectivity index (χ3n) is 7.23. The first-order valence-electron chi connectivity index (χ1n) is 12.0. The summed E-state index contributed by atoms with van der Waals surface area (Å²) in [6, 6.07) is 36.0. The molecule has 1 spiro atoms. The van der Waals surface area contributed by atoms with E-state index in [4.69, 9.17) is 0 Å². The van der Waals surface area contributed by atoms with Gasteiger partial charge in [0.1, 0.15) is 5.41 Å². The Bertz CT molecular complexity index is 1290. The molecule has 0 bridgehead atoms. The summed E-state index contributed by atoms with van der Waals surface area (Å²) in [6.45, 7) is 0.873. The highest BCUT2D eigenvalue weighted by Gasteiger charge is 2.56. The van der Waals surface area contributed by atoms with E-state index in [1.165, 1.54) is 0 Å². The van der Waals surface area contributed by atoms with Crippen LogP contribution in [0.3, 0.4) is 0 Å². The summed E-state index contributed by atoms with van der Waals surface area (Å²) in [5.41, 5.74) is 4.79. The molecule has 4 aromatic carbocycles. The van der Waals surface area contributed by atoms with Crippen LogP contribution >= 0.6 is 0 Å². The average Bonchev–Trinajstić information content (AvgIpc) is 2.90. The molecule has 0 aliphatic carbocycles. The molecule has 4 aromatic rings. The van der Waals surface area contributed by atoms with Crippen molar-refractivity contribution in [3.8, 4) is 0 Å². The Morgan fingerprint density at radius 3 is 1.31 bits per heavy atom. The van der Waals surface area contributed by atoms with E-state index in [0.717, 1.165) is 33.6 Å². The number of hydrogen-bond donors (Lipinski definition) is 0. The molecule has 0 atom stereocenters. The highest BCUT2D eigenvalue weighted by Crippen LogP contribution is 2.47. The van der Waals surface area contributed by atoms with Crippen LogP contribution in [-0.2, 0) is 35.5 Å². The van der Waals surface area contributed by atoms with Crippen molar-refractivity contribution in [2.75, 3.05) is 9.80 Å². The molecule has 2 aliphatic heterocycles. The van der Waals surface area contributed by atoms with Gasteiger partial charge in [-0.2, -0.15) is 0 Å². The van der Waals surface area contributed by atoms with Crippen molar-refractivity contribution in [2.45, 2.75) is 25.9 Å². The molecule has 0 aromatic heterocycles. The zero-order chi connectivity index (χ0) is 23.8. The summed E-state index contributed by atoms with van der Waals surface area (Å²) in [7, 11) is 0. The third-order valence-corrected chi connectivity index (χ3v) is 7.23. The lowest BCUT2D eigenvalue weighted by molar-refractivity contribution is -0.141. The van der Waals surface area contributed by atoms with Crippen LogP contribution in [0.15, 0.2) is 109 Å². The van der Waals surface area contributed by atoms with Gasteiger partial charge in [-0.25, -0.2) is 0 Å². The Labute approximate surface area is 205 Å². The van der Waals surface area contributed by atoms with E-state index in [-0.39, 0.29) is 11.8 Å². The second kappa shape index (κ2) is 8.55. The Balaban J connectivity index is 1.47. The van der Waals surface area contributed by atoms with Crippen molar-refractivity contribution in [3.63, 3.8) is 0 Å². The number of para-hydroxylation sites is 2. The van der Waals surface area contributed by atoms with Crippen LogP contribution in [-0.4, -0.2) is 11.8 Å². The third kappa shape index (κ3) is 3.62.